The van der Waals surface area contributed by atoms with Gasteiger partial charge >= 0.3 is 0 Å². The Bertz CT molecular complexity index is 455. The van der Waals surface area contributed by atoms with Gasteiger partial charge in [-0.15, -0.1) is 0 Å². The van der Waals surface area contributed by atoms with Crippen LogP contribution in [0.5, 0.6) is 5.75 Å². The molecule has 3 unspecified atom stereocenters. The Morgan fingerprint density at radius 2 is 2.15 bits per heavy atom. The monoisotopic (exact) mass is 275 g/mol. The summed E-state index contributed by atoms with van der Waals surface area (Å²) in [5, 5.41) is 8.99. The van der Waals surface area contributed by atoms with Crippen molar-refractivity contribution in [3.05, 3.63) is 29.8 Å². The van der Waals surface area contributed by atoms with Crippen molar-refractivity contribution in [1.82, 2.24) is 4.90 Å². The molecule has 0 bridgehead atoms. The first-order chi connectivity index (χ1) is 9.53. The summed E-state index contributed by atoms with van der Waals surface area (Å²) in [7, 11) is 3.68. The van der Waals surface area contributed by atoms with E-state index < -0.39 is 0 Å². The normalized spacial score (nSPS) is 15.4. The standard InChI is InChI=1S/C16H25N3O/c1-5-15(18)16(19(3)11-12(2)10-17)13-7-6-8-14(9-13)20-4/h6-9,12,15-16H,5,11,18H2,1-4H3. The Morgan fingerprint density at radius 3 is 2.70 bits per heavy atom. The van der Waals surface area contributed by atoms with Crippen molar-refractivity contribution in [1.29, 1.82) is 5.26 Å². The van der Waals surface area contributed by atoms with E-state index in [1.54, 1.807) is 7.11 Å². The molecule has 0 aliphatic carbocycles. The van der Waals surface area contributed by atoms with Crippen LogP contribution >= 0.6 is 0 Å². The topological polar surface area (TPSA) is 62.3 Å². The summed E-state index contributed by atoms with van der Waals surface area (Å²) in [5.41, 5.74) is 7.42. The van der Waals surface area contributed by atoms with Crippen LogP contribution < -0.4 is 10.5 Å². The lowest BCUT2D eigenvalue weighted by Gasteiger charge is -2.33. The predicted octanol–water partition coefficient (Wildman–Crippen LogP) is 2.57. The van der Waals surface area contributed by atoms with E-state index in [-0.39, 0.29) is 18.0 Å². The van der Waals surface area contributed by atoms with Crippen LogP contribution in [0.15, 0.2) is 24.3 Å². The van der Waals surface area contributed by atoms with Gasteiger partial charge in [0.25, 0.3) is 0 Å². The fraction of sp³-hybridized carbons (Fsp3) is 0.562. The van der Waals surface area contributed by atoms with E-state index in [4.69, 9.17) is 15.7 Å². The highest BCUT2D eigenvalue weighted by Gasteiger charge is 2.24. The summed E-state index contributed by atoms with van der Waals surface area (Å²) in [5.74, 6) is 0.815. The largest absolute Gasteiger partial charge is 0.497 e. The quantitative estimate of drug-likeness (QED) is 0.830. The van der Waals surface area contributed by atoms with Gasteiger partial charge in [0.1, 0.15) is 5.75 Å². The van der Waals surface area contributed by atoms with Crippen molar-refractivity contribution in [3.63, 3.8) is 0 Å². The van der Waals surface area contributed by atoms with Crippen LogP contribution in [-0.4, -0.2) is 31.6 Å². The van der Waals surface area contributed by atoms with Gasteiger partial charge in [0.05, 0.1) is 19.1 Å². The molecule has 3 atom stereocenters. The highest BCUT2D eigenvalue weighted by molar-refractivity contribution is 5.31. The van der Waals surface area contributed by atoms with Crippen LogP contribution in [0.4, 0.5) is 0 Å². The summed E-state index contributed by atoms with van der Waals surface area (Å²) < 4.78 is 5.29. The fourth-order valence-electron chi connectivity index (χ4n) is 2.46. The van der Waals surface area contributed by atoms with Crippen LogP contribution in [0, 0.1) is 17.2 Å². The number of nitrogens with zero attached hydrogens (tertiary/aromatic N) is 2. The van der Waals surface area contributed by atoms with E-state index in [1.807, 2.05) is 32.2 Å². The lowest BCUT2D eigenvalue weighted by Crippen LogP contribution is -2.40. The van der Waals surface area contributed by atoms with E-state index in [1.165, 1.54) is 0 Å². The molecule has 2 N–H and O–H groups in total. The smallest absolute Gasteiger partial charge is 0.119 e. The predicted molar refractivity (Wildman–Crippen MR) is 81.4 cm³/mol. The summed E-state index contributed by atoms with van der Waals surface area (Å²) in [6, 6.07) is 10.4. The molecule has 20 heavy (non-hydrogen) atoms. The first kappa shape index (κ1) is 16.5. The average molecular weight is 275 g/mol. The van der Waals surface area contributed by atoms with E-state index in [0.29, 0.717) is 6.54 Å². The number of hydrogen-bond acceptors (Lipinski definition) is 4. The summed E-state index contributed by atoms with van der Waals surface area (Å²) >= 11 is 0. The van der Waals surface area contributed by atoms with Crippen LogP contribution in [0.2, 0.25) is 0 Å². The molecule has 0 saturated heterocycles. The van der Waals surface area contributed by atoms with Crippen LogP contribution in [0.1, 0.15) is 31.9 Å². The lowest BCUT2D eigenvalue weighted by atomic mass is 9.95. The number of nitrogens with two attached hydrogens (primary N) is 1. The van der Waals surface area contributed by atoms with Crippen LogP contribution in [-0.2, 0) is 0 Å². The molecular weight excluding hydrogens is 250 g/mol. The Morgan fingerprint density at radius 1 is 1.45 bits per heavy atom. The molecule has 1 aromatic carbocycles. The number of rotatable bonds is 7. The number of benzene rings is 1. The van der Waals surface area contributed by atoms with Gasteiger partial charge in [-0.05, 0) is 38.1 Å². The minimum Gasteiger partial charge on any atom is -0.497 e. The van der Waals surface area contributed by atoms with Crippen molar-refractivity contribution in [2.45, 2.75) is 32.4 Å². The zero-order valence-corrected chi connectivity index (χ0v) is 12.8. The first-order valence-electron chi connectivity index (χ1n) is 7.02. The molecule has 0 fully saturated rings. The van der Waals surface area contributed by atoms with E-state index in [9.17, 15) is 0 Å². The molecule has 4 heteroatoms. The van der Waals surface area contributed by atoms with Gasteiger partial charge in [-0.2, -0.15) is 5.26 Å². The molecule has 0 heterocycles. The molecule has 4 nitrogen and oxygen atoms in total. The molecule has 0 aromatic heterocycles. The maximum absolute atomic E-state index is 8.99. The molecule has 0 aliphatic rings. The van der Waals surface area contributed by atoms with E-state index in [0.717, 1.165) is 17.7 Å². The van der Waals surface area contributed by atoms with E-state index in [2.05, 4.69) is 24.0 Å². The third-order valence-corrected chi connectivity index (χ3v) is 3.57. The summed E-state index contributed by atoms with van der Waals surface area (Å²) in [6.45, 7) is 4.71. The molecule has 110 valence electrons. The lowest BCUT2D eigenvalue weighted by molar-refractivity contribution is 0.196. The van der Waals surface area contributed by atoms with Crippen molar-refractivity contribution in [3.8, 4) is 11.8 Å². The number of hydrogen-bond donors (Lipinski definition) is 1. The van der Waals surface area contributed by atoms with Crippen LogP contribution in [0.25, 0.3) is 0 Å². The van der Waals surface area contributed by atoms with Gasteiger partial charge in [0, 0.05) is 18.6 Å². The van der Waals surface area contributed by atoms with Gasteiger partial charge in [-0.3, -0.25) is 4.90 Å². The van der Waals surface area contributed by atoms with Gasteiger partial charge in [-0.25, -0.2) is 0 Å². The van der Waals surface area contributed by atoms with Gasteiger partial charge in [0.15, 0.2) is 0 Å². The molecule has 0 radical (unpaired) electrons. The first-order valence-corrected chi connectivity index (χ1v) is 7.02. The molecular formula is C16H25N3O. The van der Waals surface area contributed by atoms with Gasteiger partial charge in [-0.1, -0.05) is 19.1 Å². The summed E-state index contributed by atoms with van der Waals surface area (Å²) in [6.07, 6.45) is 0.882. The number of nitriles is 1. The number of ether oxygens (including phenoxy) is 1. The van der Waals surface area contributed by atoms with Crippen molar-refractivity contribution >= 4 is 0 Å². The van der Waals surface area contributed by atoms with Crippen molar-refractivity contribution in [2.24, 2.45) is 11.7 Å². The van der Waals surface area contributed by atoms with Gasteiger partial charge < -0.3 is 10.5 Å². The highest BCUT2D eigenvalue weighted by atomic mass is 16.5. The zero-order valence-electron chi connectivity index (χ0n) is 12.8. The number of methoxy groups -OCH3 is 1. The zero-order chi connectivity index (χ0) is 15.1. The molecule has 1 aromatic rings. The second-order valence-electron chi connectivity index (χ2n) is 5.26. The minimum absolute atomic E-state index is 0.0165. The third kappa shape index (κ3) is 4.22. The number of likely N-dealkylation sites (N-methyl/N-ethyl adjacent to an activating group) is 1. The SMILES string of the molecule is CCC(N)C(c1cccc(OC)c1)N(C)CC(C)C#N. The van der Waals surface area contributed by atoms with E-state index >= 15 is 0 Å². The molecule has 0 amide bonds. The Hall–Kier alpha value is -1.57. The van der Waals surface area contributed by atoms with Crippen LogP contribution in [0.3, 0.4) is 0 Å². The molecule has 0 spiro atoms. The molecule has 0 saturated carbocycles. The Balaban J connectivity index is 3.02. The summed E-state index contributed by atoms with van der Waals surface area (Å²) in [4.78, 5) is 2.16. The fourth-order valence-corrected chi connectivity index (χ4v) is 2.46. The maximum Gasteiger partial charge on any atom is 0.119 e. The molecule has 1 rings (SSSR count). The Labute approximate surface area is 122 Å². The second kappa shape index (κ2) is 7.88. The average Bonchev–Trinajstić information content (AvgIpc) is 2.47. The van der Waals surface area contributed by atoms with Crippen molar-refractivity contribution in [2.75, 3.05) is 20.7 Å². The highest BCUT2D eigenvalue weighted by Crippen LogP contribution is 2.27. The third-order valence-electron chi connectivity index (χ3n) is 3.57. The minimum atomic E-state index is -0.0165. The Kier molecular flexibility index (Phi) is 6.50. The maximum atomic E-state index is 8.99. The molecule has 0 aliphatic heterocycles. The van der Waals surface area contributed by atoms with Gasteiger partial charge in [0.2, 0.25) is 0 Å². The van der Waals surface area contributed by atoms with Crippen molar-refractivity contribution < 1.29 is 4.74 Å². The second-order valence-corrected chi connectivity index (χ2v) is 5.26.